The Labute approximate surface area is 94.0 Å². The third-order valence-electron chi connectivity index (χ3n) is 2.27. The summed E-state index contributed by atoms with van der Waals surface area (Å²) < 4.78 is 5.27. The molecule has 0 aliphatic rings. The Morgan fingerprint density at radius 1 is 1.12 bits per heavy atom. The Kier molecular flexibility index (Phi) is 3.03. The lowest BCUT2D eigenvalue weighted by molar-refractivity contribution is 0.415. The molecule has 0 spiro atoms. The monoisotopic (exact) mass is 215 g/mol. The van der Waals surface area contributed by atoms with Gasteiger partial charge in [0.2, 0.25) is 0 Å². The zero-order valence-electron chi connectivity index (χ0n) is 8.97. The van der Waals surface area contributed by atoms with Gasteiger partial charge in [0.05, 0.1) is 7.11 Å². The van der Waals surface area contributed by atoms with Crippen molar-refractivity contribution in [2.75, 3.05) is 12.5 Å². The highest BCUT2D eigenvalue weighted by atomic mass is 16.5. The Balaban J connectivity index is 2.53. The van der Waals surface area contributed by atoms with Crippen molar-refractivity contribution in [3.63, 3.8) is 0 Å². The van der Waals surface area contributed by atoms with E-state index in [1.54, 1.807) is 13.2 Å². The van der Waals surface area contributed by atoms with Crippen LogP contribution in [0.4, 0.5) is 5.82 Å². The Morgan fingerprint density at radius 2 is 1.88 bits per heavy atom. The minimum atomic E-state index is 0.611. The molecule has 3 N–H and O–H groups in total. The number of nitrogens with two attached hydrogens (primary N) is 1. The van der Waals surface area contributed by atoms with Crippen molar-refractivity contribution in [1.82, 2.24) is 4.98 Å². The fourth-order valence-electron chi connectivity index (χ4n) is 1.49. The molecule has 0 saturated heterocycles. The molecule has 82 valence electrons. The van der Waals surface area contributed by atoms with Crippen LogP contribution in [-0.4, -0.2) is 12.1 Å². The largest absolute Gasteiger partial charge is 0.494 e. The molecule has 0 radical (unpaired) electrons. The third-order valence-corrected chi connectivity index (χ3v) is 2.27. The highest BCUT2D eigenvalue weighted by molar-refractivity contribution is 5.68. The van der Waals surface area contributed by atoms with E-state index in [1.165, 1.54) is 0 Å². The number of nitrogen functional groups attached to an aromatic ring is 1. The van der Waals surface area contributed by atoms with Crippen molar-refractivity contribution >= 4 is 5.82 Å². The van der Waals surface area contributed by atoms with Crippen LogP contribution in [0.3, 0.4) is 0 Å². The second-order valence-electron chi connectivity index (χ2n) is 3.26. The second kappa shape index (κ2) is 4.63. The number of hydrogen-bond donors (Lipinski definition) is 2. The molecule has 0 aliphatic heterocycles. The van der Waals surface area contributed by atoms with Crippen molar-refractivity contribution in [1.29, 1.82) is 0 Å². The van der Waals surface area contributed by atoms with E-state index in [1.807, 2.05) is 36.4 Å². The van der Waals surface area contributed by atoms with Gasteiger partial charge in [-0.15, -0.1) is 0 Å². The molecule has 0 fully saturated rings. The fourth-order valence-corrected chi connectivity index (χ4v) is 1.49. The molecular formula is C12H13N3O. The van der Waals surface area contributed by atoms with Crippen LogP contribution in [0.15, 0.2) is 42.5 Å². The zero-order chi connectivity index (χ0) is 11.4. The molecule has 1 aromatic heterocycles. The first-order valence-electron chi connectivity index (χ1n) is 4.92. The molecule has 0 bridgehead atoms. The second-order valence-corrected chi connectivity index (χ2v) is 3.26. The first-order chi connectivity index (χ1) is 7.85. The van der Waals surface area contributed by atoms with Crippen LogP contribution >= 0.6 is 0 Å². The predicted molar refractivity (Wildman–Crippen MR) is 64.0 cm³/mol. The molecule has 4 nitrogen and oxygen atoms in total. The molecular weight excluding hydrogens is 202 g/mol. The maximum Gasteiger partial charge on any atom is 0.145 e. The highest BCUT2D eigenvalue weighted by Gasteiger charge is 2.07. The summed E-state index contributed by atoms with van der Waals surface area (Å²) in [7, 11) is 1.62. The average molecular weight is 215 g/mol. The Bertz CT molecular complexity index is 471. The van der Waals surface area contributed by atoms with Gasteiger partial charge in [-0.3, -0.25) is 0 Å². The normalized spacial score (nSPS) is 9.88. The maximum absolute atomic E-state index is 5.34. The van der Waals surface area contributed by atoms with E-state index < -0.39 is 0 Å². The van der Waals surface area contributed by atoms with Crippen molar-refractivity contribution in [2.45, 2.75) is 0 Å². The topological polar surface area (TPSA) is 60.2 Å². The summed E-state index contributed by atoms with van der Waals surface area (Å²) in [5.74, 6) is 6.67. The van der Waals surface area contributed by atoms with Crippen LogP contribution in [0.25, 0.3) is 11.3 Å². The molecule has 2 rings (SSSR count). The summed E-state index contributed by atoms with van der Waals surface area (Å²) in [6, 6.07) is 13.4. The van der Waals surface area contributed by atoms with E-state index >= 15 is 0 Å². The number of ether oxygens (including phenoxy) is 1. The van der Waals surface area contributed by atoms with E-state index in [9.17, 15) is 0 Å². The van der Waals surface area contributed by atoms with Gasteiger partial charge in [-0.2, -0.15) is 0 Å². The van der Waals surface area contributed by atoms with E-state index in [-0.39, 0.29) is 0 Å². The zero-order valence-corrected chi connectivity index (χ0v) is 8.97. The van der Waals surface area contributed by atoms with Crippen LogP contribution < -0.4 is 16.0 Å². The molecule has 0 aliphatic carbocycles. The van der Waals surface area contributed by atoms with Crippen LogP contribution in [0.1, 0.15) is 0 Å². The van der Waals surface area contributed by atoms with Crippen molar-refractivity contribution < 1.29 is 4.74 Å². The summed E-state index contributed by atoms with van der Waals surface area (Å²) >= 11 is 0. The van der Waals surface area contributed by atoms with Crippen LogP contribution in [0.2, 0.25) is 0 Å². The number of hydrogen-bond acceptors (Lipinski definition) is 4. The van der Waals surface area contributed by atoms with Crippen LogP contribution in [-0.2, 0) is 0 Å². The van der Waals surface area contributed by atoms with Gasteiger partial charge in [0, 0.05) is 5.56 Å². The number of anilines is 1. The summed E-state index contributed by atoms with van der Waals surface area (Å²) in [4.78, 5) is 4.37. The van der Waals surface area contributed by atoms with E-state index in [0.29, 0.717) is 5.82 Å². The molecule has 0 saturated carbocycles. The third kappa shape index (κ3) is 1.97. The number of rotatable bonds is 3. The quantitative estimate of drug-likeness (QED) is 0.607. The fraction of sp³-hybridized carbons (Fsp3) is 0.0833. The van der Waals surface area contributed by atoms with Crippen LogP contribution in [0.5, 0.6) is 5.75 Å². The van der Waals surface area contributed by atoms with Gasteiger partial charge in [-0.1, -0.05) is 30.3 Å². The lowest BCUT2D eigenvalue weighted by atomic mass is 10.1. The van der Waals surface area contributed by atoms with E-state index in [0.717, 1.165) is 17.0 Å². The molecule has 0 atom stereocenters. The Hall–Kier alpha value is -2.07. The van der Waals surface area contributed by atoms with Gasteiger partial charge in [-0.05, 0) is 12.1 Å². The maximum atomic E-state index is 5.34. The summed E-state index contributed by atoms with van der Waals surface area (Å²) in [6.07, 6.45) is 0. The lowest BCUT2D eigenvalue weighted by Crippen LogP contribution is -2.09. The molecule has 2 aromatic rings. The van der Waals surface area contributed by atoms with Gasteiger partial charge in [0.15, 0.2) is 0 Å². The van der Waals surface area contributed by atoms with Crippen molar-refractivity contribution in [2.24, 2.45) is 5.84 Å². The van der Waals surface area contributed by atoms with Gasteiger partial charge in [0.1, 0.15) is 17.3 Å². The minimum absolute atomic E-state index is 0.611. The van der Waals surface area contributed by atoms with Gasteiger partial charge in [-0.25, -0.2) is 10.8 Å². The molecule has 1 heterocycles. The van der Waals surface area contributed by atoms with Gasteiger partial charge < -0.3 is 10.2 Å². The van der Waals surface area contributed by atoms with Crippen molar-refractivity contribution in [3.8, 4) is 17.0 Å². The predicted octanol–water partition coefficient (Wildman–Crippen LogP) is 2.04. The molecule has 4 heteroatoms. The number of hydrazine groups is 1. The molecule has 16 heavy (non-hydrogen) atoms. The van der Waals surface area contributed by atoms with E-state index in [4.69, 9.17) is 10.6 Å². The summed E-state index contributed by atoms with van der Waals surface area (Å²) in [6.45, 7) is 0. The lowest BCUT2D eigenvalue weighted by Gasteiger charge is -2.09. The van der Waals surface area contributed by atoms with E-state index in [2.05, 4.69) is 10.4 Å². The number of benzene rings is 1. The summed E-state index contributed by atoms with van der Waals surface area (Å²) in [5.41, 5.74) is 4.29. The first-order valence-corrected chi connectivity index (χ1v) is 4.92. The number of methoxy groups -OCH3 is 1. The molecule has 1 aromatic carbocycles. The highest BCUT2D eigenvalue weighted by Crippen LogP contribution is 2.28. The number of nitrogens with one attached hydrogen (secondary N) is 1. The SMILES string of the molecule is COc1ccc(NN)nc1-c1ccccc1. The number of aromatic nitrogens is 1. The minimum Gasteiger partial charge on any atom is -0.494 e. The van der Waals surface area contributed by atoms with Gasteiger partial charge >= 0.3 is 0 Å². The molecule has 0 amide bonds. The summed E-state index contributed by atoms with van der Waals surface area (Å²) in [5, 5.41) is 0. The van der Waals surface area contributed by atoms with Gasteiger partial charge in [0.25, 0.3) is 0 Å². The number of nitrogens with zero attached hydrogens (tertiary/aromatic N) is 1. The smallest absolute Gasteiger partial charge is 0.145 e. The van der Waals surface area contributed by atoms with Crippen molar-refractivity contribution in [3.05, 3.63) is 42.5 Å². The van der Waals surface area contributed by atoms with Crippen LogP contribution in [0, 0.1) is 0 Å². The Morgan fingerprint density at radius 3 is 2.50 bits per heavy atom. The standard InChI is InChI=1S/C12H13N3O/c1-16-10-7-8-11(15-13)14-12(10)9-5-3-2-4-6-9/h2-8H,13H2,1H3,(H,14,15). The average Bonchev–Trinajstić information content (AvgIpc) is 2.39. The number of pyridine rings is 1. The molecule has 0 unspecified atom stereocenters. The first kappa shape index (κ1) is 10.4.